The van der Waals surface area contributed by atoms with Gasteiger partial charge in [-0.1, -0.05) is 48.5 Å². The average Bonchev–Trinajstić information content (AvgIpc) is 3.54. The quantitative estimate of drug-likeness (QED) is 0.108. The van der Waals surface area contributed by atoms with E-state index in [1.165, 1.54) is 9.80 Å². The zero-order valence-electron chi connectivity index (χ0n) is 27.7. The lowest BCUT2D eigenvalue weighted by atomic mass is 9.95. The largest absolute Gasteiger partial charge is 0.497 e. The van der Waals surface area contributed by atoms with Gasteiger partial charge < -0.3 is 20.1 Å². The first-order valence-electron chi connectivity index (χ1n) is 16.6. The van der Waals surface area contributed by atoms with Crippen molar-refractivity contribution < 1.29 is 28.7 Å². The molecule has 50 heavy (non-hydrogen) atoms. The maximum absolute atomic E-state index is 13.6. The fourth-order valence-corrected chi connectivity index (χ4v) is 7.26. The summed E-state index contributed by atoms with van der Waals surface area (Å²) in [5.41, 5.74) is 1.69. The van der Waals surface area contributed by atoms with Gasteiger partial charge in [-0.2, -0.15) is 0 Å². The molecule has 2 heterocycles. The van der Waals surface area contributed by atoms with Crippen molar-refractivity contribution in [1.82, 2.24) is 20.4 Å². The molecule has 2 aliphatic heterocycles. The van der Waals surface area contributed by atoms with Crippen molar-refractivity contribution in [3.8, 4) is 11.5 Å². The highest BCUT2D eigenvalue weighted by molar-refractivity contribution is 6.31. The van der Waals surface area contributed by atoms with Crippen LogP contribution in [0.15, 0.2) is 84.9 Å². The summed E-state index contributed by atoms with van der Waals surface area (Å²) in [6, 6.07) is 26.6. The van der Waals surface area contributed by atoms with Crippen molar-refractivity contribution in [3.63, 3.8) is 0 Å². The molecule has 0 spiro atoms. The summed E-state index contributed by atoms with van der Waals surface area (Å²) >= 11 is 0. The first kappa shape index (κ1) is 31.4. The summed E-state index contributed by atoms with van der Waals surface area (Å²) in [5, 5.41) is 13.5. The first-order chi connectivity index (χ1) is 24.4. The van der Waals surface area contributed by atoms with Crippen molar-refractivity contribution in [2.75, 3.05) is 53.5 Å². The van der Waals surface area contributed by atoms with E-state index in [9.17, 15) is 19.2 Å². The molecule has 2 aliphatic rings. The zero-order valence-corrected chi connectivity index (χ0v) is 27.7. The summed E-state index contributed by atoms with van der Waals surface area (Å²) < 4.78 is 10.9. The Balaban J connectivity index is 0.867. The van der Waals surface area contributed by atoms with Crippen molar-refractivity contribution in [1.29, 1.82) is 0 Å². The first-order valence-corrected chi connectivity index (χ1v) is 16.6. The zero-order chi connectivity index (χ0) is 34.5. The van der Waals surface area contributed by atoms with E-state index in [4.69, 9.17) is 9.47 Å². The maximum Gasteiger partial charge on any atom is 0.262 e. The molecule has 0 unspecified atom stereocenters. The lowest BCUT2D eigenvalue weighted by Gasteiger charge is -2.16. The Hall–Kier alpha value is -5.84. The van der Waals surface area contributed by atoms with Gasteiger partial charge in [-0.3, -0.25) is 29.0 Å². The third-order valence-electron chi connectivity index (χ3n) is 9.79. The van der Waals surface area contributed by atoms with Gasteiger partial charge in [0.15, 0.2) is 0 Å². The van der Waals surface area contributed by atoms with Crippen LogP contribution in [0.1, 0.15) is 41.4 Å². The average molecular weight is 667 g/mol. The topological polar surface area (TPSA) is 117 Å². The molecule has 0 aliphatic carbocycles. The Morgan fingerprint density at radius 2 is 0.860 bits per heavy atom. The molecular weight excluding hydrogens is 632 g/mol. The van der Waals surface area contributed by atoms with Crippen LogP contribution in [0.3, 0.4) is 0 Å². The van der Waals surface area contributed by atoms with Gasteiger partial charge >= 0.3 is 0 Å². The number of fused-ring (bicyclic) bond motifs is 10. The van der Waals surface area contributed by atoms with E-state index < -0.39 is 0 Å². The number of amides is 4. The highest BCUT2D eigenvalue weighted by Gasteiger charge is 2.38. The van der Waals surface area contributed by atoms with Crippen LogP contribution in [-0.2, 0) is 0 Å². The third kappa shape index (κ3) is 5.03. The molecule has 0 bridgehead atoms. The van der Waals surface area contributed by atoms with Gasteiger partial charge in [0.05, 0.1) is 36.5 Å². The van der Waals surface area contributed by atoms with Crippen LogP contribution in [0.5, 0.6) is 11.5 Å². The molecule has 0 saturated heterocycles. The molecule has 0 fully saturated rings. The van der Waals surface area contributed by atoms with Crippen LogP contribution < -0.4 is 20.1 Å². The Kier molecular flexibility index (Phi) is 7.89. The third-order valence-corrected chi connectivity index (χ3v) is 9.79. The Morgan fingerprint density at radius 3 is 1.28 bits per heavy atom. The lowest BCUT2D eigenvalue weighted by Crippen LogP contribution is -2.40. The maximum atomic E-state index is 13.6. The lowest BCUT2D eigenvalue weighted by molar-refractivity contribution is 0.0639. The number of imide groups is 2. The fraction of sp³-hybridized carbons (Fsp3) is 0.200. The van der Waals surface area contributed by atoms with Gasteiger partial charge in [-0.15, -0.1) is 0 Å². The molecule has 10 nitrogen and oxygen atoms in total. The molecular formula is C40H34N4O6. The van der Waals surface area contributed by atoms with Gasteiger partial charge in [0, 0.05) is 50.0 Å². The van der Waals surface area contributed by atoms with E-state index in [1.807, 2.05) is 72.8 Å². The van der Waals surface area contributed by atoms with E-state index in [2.05, 4.69) is 10.6 Å². The minimum atomic E-state index is -0.299. The molecule has 8 rings (SSSR count). The van der Waals surface area contributed by atoms with E-state index >= 15 is 0 Å². The van der Waals surface area contributed by atoms with Gasteiger partial charge in [0.2, 0.25) is 0 Å². The van der Waals surface area contributed by atoms with Gasteiger partial charge in [0.25, 0.3) is 23.6 Å². The molecule has 0 radical (unpaired) electrons. The predicted molar refractivity (Wildman–Crippen MR) is 192 cm³/mol. The number of hydrogen-bond donors (Lipinski definition) is 2. The molecule has 250 valence electrons. The van der Waals surface area contributed by atoms with Crippen molar-refractivity contribution in [3.05, 3.63) is 107 Å². The molecule has 6 aromatic rings. The van der Waals surface area contributed by atoms with Gasteiger partial charge in [0.1, 0.15) is 11.5 Å². The number of nitrogens with zero attached hydrogens (tertiary/aromatic N) is 2. The van der Waals surface area contributed by atoms with Gasteiger partial charge in [-0.25, -0.2) is 0 Å². The van der Waals surface area contributed by atoms with Crippen LogP contribution in [0.25, 0.3) is 43.1 Å². The molecule has 0 saturated carbocycles. The standard InChI is InChI=1S/C40H34N4O6/c1-49-27-11-7-23-3-5-25-9-13-29-35(33(25)31(23)21-27)39(47)43(37(29)45)19-17-41-15-16-42-18-20-44-38(46)30-14-10-26-6-4-24-8-12-28(50-2)22-32(24)34(26)36(30)40(44)48/h3-14,21-22,41-42H,15-20H2,1-2H3. The van der Waals surface area contributed by atoms with Crippen LogP contribution in [0.2, 0.25) is 0 Å². The predicted octanol–water partition coefficient (Wildman–Crippen LogP) is 5.39. The smallest absolute Gasteiger partial charge is 0.262 e. The molecule has 4 amide bonds. The van der Waals surface area contributed by atoms with E-state index in [-0.39, 0.29) is 36.7 Å². The number of hydrogen-bond acceptors (Lipinski definition) is 8. The molecule has 6 aromatic carbocycles. The summed E-state index contributed by atoms with van der Waals surface area (Å²) in [6.45, 7) is 2.43. The van der Waals surface area contributed by atoms with Crippen molar-refractivity contribution in [2.24, 2.45) is 0 Å². The minimum Gasteiger partial charge on any atom is -0.497 e. The Labute approximate surface area is 287 Å². The van der Waals surface area contributed by atoms with Crippen LogP contribution in [0, 0.1) is 0 Å². The number of rotatable bonds is 11. The highest BCUT2D eigenvalue weighted by Crippen LogP contribution is 2.38. The fourth-order valence-electron chi connectivity index (χ4n) is 7.26. The van der Waals surface area contributed by atoms with E-state index in [1.54, 1.807) is 26.4 Å². The highest BCUT2D eigenvalue weighted by atomic mass is 16.5. The minimum absolute atomic E-state index is 0.228. The second-order valence-electron chi connectivity index (χ2n) is 12.5. The summed E-state index contributed by atoms with van der Waals surface area (Å²) in [6.07, 6.45) is 0. The van der Waals surface area contributed by atoms with Gasteiger partial charge in [-0.05, 0) is 68.7 Å². The van der Waals surface area contributed by atoms with Crippen molar-refractivity contribution >= 4 is 66.7 Å². The number of carbonyl (C=O) groups is 4. The van der Waals surface area contributed by atoms with Crippen LogP contribution >= 0.6 is 0 Å². The molecule has 0 aromatic heterocycles. The van der Waals surface area contributed by atoms with Crippen molar-refractivity contribution in [2.45, 2.75) is 0 Å². The number of benzene rings is 6. The van der Waals surface area contributed by atoms with Crippen LogP contribution in [-0.4, -0.2) is 86.9 Å². The number of methoxy groups -OCH3 is 2. The number of ether oxygens (including phenoxy) is 2. The molecule has 2 N–H and O–H groups in total. The number of carbonyl (C=O) groups excluding carboxylic acids is 4. The van der Waals surface area contributed by atoms with E-state index in [0.29, 0.717) is 59.9 Å². The van der Waals surface area contributed by atoms with E-state index in [0.717, 1.165) is 43.1 Å². The second kappa shape index (κ2) is 12.6. The molecule has 10 heteroatoms. The monoisotopic (exact) mass is 666 g/mol. The second-order valence-corrected chi connectivity index (χ2v) is 12.5. The SMILES string of the molecule is COc1ccc2ccc3ccc4c(c3c2c1)C(=O)N(CCNCCNCCN1C(=O)c2ccc3ccc5ccc(OC)cc5c3c2C1=O)C4=O. The summed E-state index contributed by atoms with van der Waals surface area (Å²) in [7, 11) is 3.20. The Morgan fingerprint density at radius 1 is 0.480 bits per heavy atom. The van der Waals surface area contributed by atoms with Crippen LogP contribution in [0.4, 0.5) is 0 Å². The normalized spacial score (nSPS) is 14.1. The summed E-state index contributed by atoms with van der Waals surface area (Å²) in [5.74, 6) is 0.168. The summed E-state index contributed by atoms with van der Waals surface area (Å²) in [4.78, 5) is 56.5. The molecule has 0 atom stereocenters. The Bertz CT molecular complexity index is 2250. The number of nitrogens with one attached hydrogen (secondary N) is 2.